The molecule has 0 saturated carbocycles. The number of hydrogen-bond acceptors (Lipinski definition) is 3. The van der Waals surface area contributed by atoms with E-state index in [-0.39, 0.29) is 0 Å². The SMILES string of the molecule is CC(C(=O)O)N(C)c1ccc(C#N)cc1. The number of hydrogen-bond donors (Lipinski definition) is 1. The summed E-state index contributed by atoms with van der Waals surface area (Å²) in [5.41, 5.74) is 1.35. The highest BCUT2D eigenvalue weighted by Gasteiger charge is 2.16. The van der Waals surface area contributed by atoms with Crippen molar-refractivity contribution < 1.29 is 9.90 Å². The van der Waals surface area contributed by atoms with Crippen molar-refractivity contribution in [1.82, 2.24) is 0 Å². The lowest BCUT2D eigenvalue weighted by atomic mass is 10.2. The lowest BCUT2D eigenvalue weighted by Gasteiger charge is -2.23. The Hall–Kier alpha value is -2.02. The third-order valence-electron chi connectivity index (χ3n) is 2.34. The number of carboxylic acid groups (broad SMARTS) is 1. The lowest BCUT2D eigenvalue weighted by Crippen LogP contribution is -2.35. The Bertz CT molecular complexity index is 392. The normalized spacial score (nSPS) is 11.5. The van der Waals surface area contributed by atoms with Gasteiger partial charge in [0.15, 0.2) is 0 Å². The van der Waals surface area contributed by atoms with Gasteiger partial charge in [-0.05, 0) is 31.2 Å². The number of carboxylic acids is 1. The Morgan fingerprint density at radius 1 is 1.47 bits per heavy atom. The molecule has 1 aromatic rings. The molecule has 4 nitrogen and oxygen atoms in total. The maximum atomic E-state index is 10.7. The van der Waals surface area contributed by atoms with Crippen molar-refractivity contribution in [3.8, 4) is 6.07 Å². The lowest BCUT2D eigenvalue weighted by molar-refractivity contribution is -0.138. The summed E-state index contributed by atoms with van der Waals surface area (Å²) in [7, 11) is 1.71. The van der Waals surface area contributed by atoms with Gasteiger partial charge in [0, 0.05) is 12.7 Å². The Balaban J connectivity index is 2.88. The number of aliphatic carboxylic acids is 1. The number of carbonyl (C=O) groups is 1. The van der Waals surface area contributed by atoms with E-state index in [2.05, 4.69) is 0 Å². The van der Waals surface area contributed by atoms with E-state index >= 15 is 0 Å². The van der Waals surface area contributed by atoms with Gasteiger partial charge in [-0.25, -0.2) is 4.79 Å². The second-order valence-corrected chi connectivity index (χ2v) is 3.28. The van der Waals surface area contributed by atoms with Crippen LogP contribution in [-0.4, -0.2) is 24.2 Å². The molecule has 1 unspecified atom stereocenters. The van der Waals surface area contributed by atoms with E-state index in [1.54, 1.807) is 43.1 Å². The maximum Gasteiger partial charge on any atom is 0.326 e. The van der Waals surface area contributed by atoms with Crippen LogP contribution in [-0.2, 0) is 4.79 Å². The molecular weight excluding hydrogens is 192 g/mol. The van der Waals surface area contributed by atoms with E-state index in [0.29, 0.717) is 5.56 Å². The third-order valence-corrected chi connectivity index (χ3v) is 2.34. The van der Waals surface area contributed by atoms with Crippen LogP contribution < -0.4 is 4.90 Å². The van der Waals surface area contributed by atoms with E-state index in [0.717, 1.165) is 5.69 Å². The molecule has 0 bridgehead atoms. The zero-order valence-electron chi connectivity index (χ0n) is 8.64. The average molecular weight is 204 g/mol. The molecule has 15 heavy (non-hydrogen) atoms. The Kier molecular flexibility index (Phi) is 3.29. The van der Waals surface area contributed by atoms with Crippen LogP contribution in [0.25, 0.3) is 0 Å². The highest BCUT2D eigenvalue weighted by molar-refractivity contribution is 5.77. The maximum absolute atomic E-state index is 10.7. The van der Waals surface area contributed by atoms with Crippen LogP contribution in [0, 0.1) is 11.3 Å². The van der Waals surface area contributed by atoms with Crippen molar-refractivity contribution in [3.05, 3.63) is 29.8 Å². The third kappa shape index (κ3) is 2.47. The summed E-state index contributed by atoms with van der Waals surface area (Å²) in [6, 6.07) is 8.23. The number of rotatable bonds is 3. The molecule has 0 aliphatic carbocycles. The van der Waals surface area contributed by atoms with Crippen LogP contribution in [0.5, 0.6) is 0 Å². The molecule has 1 atom stereocenters. The van der Waals surface area contributed by atoms with Gasteiger partial charge in [-0.15, -0.1) is 0 Å². The zero-order chi connectivity index (χ0) is 11.4. The number of anilines is 1. The van der Waals surface area contributed by atoms with Crippen LogP contribution >= 0.6 is 0 Å². The van der Waals surface area contributed by atoms with Crippen LogP contribution in [0.15, 0.2) is 24.3 Å². The van der Waals surface area contributed by atoms with Gasteiger partial charge in [0.05, 0.1) is 11.6 Å². The molecule has 0 radical (unpaired) electrons. The quantitative estimate of drug-likeness (QED) is 0.809. The summed E-state index contributed by atoms with van der Waals surface area (Å²) in [5.74, 6) is -0.873. The first kappa shape index (κ1) is 11.1. The molecule has 0 amide bonds. The van der Waals surface area contributed by atoms with Gasteiger partial charge in [-0.1, -0.05) is 0 Å². The predicted molar refractivity (Wildman–Crippen MR) is 56.7 cm³/mol. The fourth-order valence-corrected chi connectivity index (χ4v) is 1.16. The molecule has 0 aromatic heterocycles. The number of nitriles is 1. The van der Waals surface area contributed by atoms with E-state index in [1.807, 2.05) is 6.07 Å². The monoisotopic (exact) mass is 204 g/mol. The molecule has 1 N–H and O–H groups in total. The van der Waals surface area contributed by atoms with Crippen molar-refractivity contribution in [2.45, 2.75) is 13.0 Å². The summed E-state index contributed by atoms with van der Waals surface area (Å²) < 4.78 is 0. The van der Waals surface area contributed by atoms with Crippen LogP contribution in [0.1, 0.15) is 12.5 Å². The molecule has 1 aromatic carbocycles. The molecule has 0 fully saturated rings. The van der Waals surface area contributed by atoms with Gasteiger partial charge < -0.3 is 10.0 Å². The van der Waals surface area contributed by atoms with Crippen molar-refractivity contribution in [3.63, 3.8) is 0 Å². The van der Waals surface area contributed by atoms with Gasteiger partial charge >= 0.3 is 5.97 Å². The Labute approximate surface area is 88.4 Å². The predicted octanol–water partition coefficient (Wildman–Crippen LogP) is 1.47. The molecule has 0 heterocycles. The molecule has 4 heteroatoms. The first-order valence-electron chi connectivity index (χ1n) is 4.52. The second kappa shape index (κ2) is 4.47. The van der Waals surface area contributed by atoms with Crippen LogP contribution in [0.2, 0.25) is 0 Å². The minimum Gasteiger partial charge on any atom is -0.480 e. The summed E-state index contributed by atoms with van der Waals surface area (Å²) >= 11 is 0. The molecule has 0 aliphatic rings. The molecule has 0 spiro atoms. The highest BCUT2D eigenvalue weighted by Crippen LogP contribution is 2.15. The van der Waals surface area contributed by atoms with E-state index in [4.69, 9.17) is 10.4 Å². The molecule has 0 saturated heterocycles. The van der Waals surface area contributed by atoms with Gasteiger partial charge in [-0.3, -0.25) is 0 Å². The Morgan fingerprint density at radius 2 is 2.00 bits per heavy atom. The van der Waals surface area contributed by atoms with E-state index < -0.39 is 12.0 Å². The molecule has 0 aliphatic heterocycles. The number of benzene rings is 1. The fourth-order valence-electron chi connectivity index (χ4n) is 1.16. The summed E-state index contributed by atoms with van der Waals surface area (Å²) in [6.45, 7) is 1.61. The minimum absolute atomic E-state index is 0.565. The van der Waals surface area contributed by atoms with Gasteiger partial charge in [0.25, 0.3) is 0 Å². The largest absolute Gasteiger partial charge is 0.480 e. The summed E-state index contributed by atoms with van der Waals surface area (Å²) in [6.07, 6.45) is 0. The topological polar surface area (TPSA) is 64.3 Å². The summed E-state index contributed by atoms with van der Waals surface area (Å²) in [5, 5.41) is 17.4. The molecule has 1 rings (SSSR count). The van der Waals surface area contributed by atoms with E-state index in [1.165, 1.54) is 0 Å². The van der Waals surface area contributed by atoms with Crippen LogP contribution in [0.4, 0.5) is 5.69 Å². The number of nitrogens with zero attached hydrogens (tertiary/aromatic N) is 2. The van der Waals surface area contributed by atoms with Crippen molar-refractivity contribution >= 4 is 11.7 Å². The van der Waals surface area contributed by atoms with E-state index in [9.17, 15) is 4.79 Å². The molecular formula is C11H12N2O2. The fraction of sp³-hybridized carbons (Fsp3) is 0.273. The van der Waals surface area contributed by atoms with Crippen molar-refractivity contribution in [2.75, 3.05) is 11.9 Å². The van der Waals surface area contributed by atoms with Gasteiger partial charge in [0.2, 0.25) is 0 Å². The highest BCUT2D eigenvalue weighted by atomic mass is 16.4. The number of likely N-dealkylation sites (N-methyl/N-ethyl adjacent to an activating group) is 1. The summed E-state index contributed by atoms with van der Waals surface area (Å²) in [4.78, 5) is 12.4. The zero-order valence-corrected chi connectivity index (χ0v) is 8.64. The van der Waals surface area contributed by atoms with Crippen molar-refractivity contribution in [1.29, 1.82) is 5.26 Å². The van der Waals surface area contributed by atoms with Crippen molar-refractivity contribution in [2.24, 2.45) is 0 Å². The molecule has 78 valence electrons. The van der Waals surface area contributed by atoms with Crippen LogP contribution in [0.3, 0.4) is 0 Å². The standard InChI is InChI=1S/C11H12N2O2/c1-8(11(14)15)13(2)10-5-3-9(7-12)4-6-10/h3-6,8H,1-2H3,(H,14,15). The minimum atomic E-state index is -0.873. The van der Waals surface area contributed by atoms with Gasteiger partial charge in [-0.2, -0.15) is 5.26 Å². The second-order valence-electron chi connectivity index (χ2n) is 3.28. The first-order valence-corrected chi connectivity index (χ1v) is 4.52. The smallest absolute Gasteiger partial charge is 0.326 e. The average Bonchev–Trinajstić information content (AvgIpc) is 2.27. The first-order chi connectivity index (χ1) is 7.06. The Morgan fingerprint density at radius 3 is 2.40 bits per heavy atom. The van der Waals surface area contributed by atoms with Gasteiger partial charge in [0.1, 0.15) is 6.04 Å².